The fourth-order valence-electron chi connectivity index (χ4n) is 3.26. The molecule has 1 aliphatic rings. The first-order chi connectivity index (χ1) is 8.68. The van der Waals surface area contributed by atoms with Crippen LogP contribution in [-0.4, -0.2) is 0 Å². The molecule has 0 saturated heterocycles. The van der Waals surface area contributed by atoms with Crippen LogP contribution in [0.2, 0.25) is 0 Å². The van der Waals surface area contributed by atoms with Gasteiger partial charge in [-0.15, -0.1) is 0 Å². The molecule has 1 fully saturated rings. The third kappa shape index (κ3) is 3.35. The second-order valence-electron chi connectivity index (χ2n) is 5.99. The second kappa shape index (κ2) is 6.38. The summed E-state index contributed by atoms with van der Waals surface area (Å²) >= 11 is 0. The van der Waals surface area contributed by atoms with E-state index in [1.165, 1.54) is 61.6 Å². The minimum Gasteiger partial charge on any atom is -0.324 e. The quantitative estimate of drug-likeness (QED) is 0.770. The second-order valence-corrected chi connectivity index (χ2v) is 5.99. The van der Waals surface area contributed by atoms with E-state index in [0.717, 1.165) is 5.92 Å². The van der Waals surface area contributed by atoms with E-state index in [9.17, 15) is 0 Å². The number of nitrogens with two attached hydrogens (primary N) is 1. The summed E-state index contributed by atoms with van der Waals surface area (Å²) in [5, 5.41) is 0. The lowest BCUT2D eigenvalue weighted by molar-refractivity contribution is 0.392. The molecule has 18 heavy (non-hydrogen) atoms. The number of hydrogen-bond donors (Lipinski definition) is 1. The highest BCUT2D eigenvalue weighted by Crippen LogP contribution is 2.31. The van der Waals surface area contributed by atoms with Crippen LogP contribution in [0.5, 0.6) is 0 Å². The monoisotopic (exact) mass is 245 g/mol. The summed E-state index contributed by atoms with van der Waals surface area (Å²) in [6.45, 7) is 4.38. The maximum Gasteiger partial charge on any atom is 0.0300 e. The van der Waals surface area contributed by atoms with E-state index in [0.29, 0.717) is 0 Å². The molecular formula is C17H27N. The lowest BCUT2D eigenvalue weighted by Crippen LogP contribution is -2.16. The lowest BCUT2D eigenvalue weighted by atomic mass is 9.88. The smallest absolute Gasteiger partial charge is 0.0300 e. The van der Waals surface area contributed by atoms with Crippen LogP contribution in [0, 0.1) is 19.8 Å². The van der Waals surface area contributed by atoms with Crippen LogP contribution in [0.3, 0.4) is 0 Å². The summed E-state index contributed by atoms with van der Waals surface area (Å²) < 4.78 is 0. The Morgan fingerprint density at radius 1 is 1.11 bits per heavy atom. The zero-order valence-corrected chi connectivity index (χ0v) is 11.9. The van der Waals surface area contributed by atoms with Crippen LogP contribution in [0.4, 0.5) is 0 Å². The Kier molecular flexibility index (Phi) is 4.82. The Labute approximate surface area is 112 Å². The van der Waals surface area contributed by atoms with Crippen molar-refractivity contribution in [3.63, 3.8) is 0 Å². The molecule has 1 aromatic carbocycles. The van der Waals surface area contributed by atoms with Crippen LogP contribution in [0.25, 0.3) is 0 Å². The van der Waals surface area contributed by atoms with Crippen molar-refractivity contribution in [1.29, 1.82) is 0 Å². The molecule has 0 aliphatic heterocycles. The van der Waals surface area contributed by atoms with Gasteiger partial charge in [-0.3, -0.25) is 0 Å². The summed E-state index contributed by atoms with van der Waals surface area (Å²) in [5.41, 5.74) is 10.6. The van der Waals surface area contributed by atoms with Crippen molar-refractivity contribution >= 4 is 0 Å². The molecule has 0 aromatic heterocycles. The van der Waals surface area contributed by atoms with Gasteiger partial charge < -0.3 is 5.73 Å². The molecule has 0 heterocycles. The maximum absolute atomic E-state index is 6.45. The summed E-state index contributed by atoms with van der Waals surface area (Å²) in [5.74, 6) is 0.849. The molecule has 1 atom stereocenters. The van der Waals surface area contributed by atoms with E-state index in [4.69, 9.17) is 5.73 Å². The molecule has 1 unspecified atom stereocenters. The van der Waals surface area contributed by atoms with E-state index >= 15 is 0 Å². The molecule has 0 radical (unpaired) electrons. The van der Waals surface area contributed by atoms with Crippen LogP contribution >= 0.6 is 0 Å². The van der Waals surface area contributed by atoms with Gasteiger partial charge >= 0.3 is 0 Å². The predicted octanol–water partition coefficient (Wildman–Crippen LogP) is 4.66. The Morgan fingerprint density at radius 2 is 1.78 bits per heavy atom. The number of rotatable bonds is 3. The van der Waals surface area contributed by atoms with Gasteiger partial charge in [-0.1, -0.05) is 56.7 Å². The topological polar surface area (TPSA) is 26.0 Å². The molecule has 1 nitrogen and oxygen atoms in total. The highest BCUT2D eigenvalue weighted by molar-refractivity contribution is 5.35. The Hall–Kier alpha value is -0.820. The molecule has 1 aliphatic carbocycles. The molecule has 1 saturated carbocycles. The number of benzene rings is 1. The van der Waals surface area contributed by atoms with Gasteiger partial charge in [0.15, 0.2) is 0 Å². The van der Waals surface area contributed by atoms with Gasteiger partial charge in [-0.25, -0.2) is 0 Å². The molecule has 2 N–H and O–H groups in total. The molecule has 1 aromatic rings. The van der Waals surface area contributed by atoms with Gasteiger partial charge in [0, 0.05) is 6.04 Å². The van der Waals surface area contributed by atoms with Gasteiger partial charge in [0.25, 0.3) is 0 Å². The standard InChI is InChI=1S/C17H27N/c1-13-8-7-11-16(14(13)2)17(18)12-15-9-5-3-4-6-10-15/h7-8,11,15,17H,3-6,9-10,12,18H2,1-2H3. The average molecular weight is 245 g/mol. The van der Waals surface area contributed by atoms with Crippen LogP contribution < -0.4 is 5.73 Å². The van der Waals surface area contributed by atoms with Crippen LogP contribution in [-0.2, 0) is 0 Å². The molecule has 0 spiro atoms. The number of hydrogen-bond acceptors (Lipinski definition) is 1. The number of aryl methyl sites for hydroxylation is 1. The molecule has 2 rings (SSSR count). The first-order valence-corrected chi connectivity index (χ1v) is 7.50. The largest absolute Gasteiger partial charge is 0.324 e. The van der Waals surface area contributed by atoms with Crippen molar-refractivity contribution in [3.8, 4) is 0 Å². The average Bonchev–Trinajstić information content (AvgIpc) is 2.61. The Bertz CT molecular complexity index is 375. The lowest BCUT2D eigenvalue weighted by Gasteiger charge is -2.21. The molecule has 0 amide bonds. The molecule has 1 heteroatoms. The van der Waals surface area contributed by atoms with Crippen molar-refractivity contribution < 1.29 is 0 Å². The Morgan fingerprint density at radius 3 is 2.44 bits per heavy atom. The molecular weight excluding hydrogens is 218 g/mol. The van der Waals surface area contributed by atoms with Crippen molar-refractivity contribution in [2.45, 2.75) is 64.8 Å². The first kappa shape index (κ1) is 13.6. The van der Waals surface area contributed by atoms with Gasteiger partial charge in [-0.2, -0.15) is 0 Å². The molecule has 0 bridgehead atoms. The SMILES string of the molecule is Cc1cccc(C(N)CC2CCCCCC2)c1C. The van der Waals surface area contributed by atoms with Gasteiger partial charge in [0.1, 0.15) is 0 Å². The third-order valence-corrected chi connectivity index (χ3v) is 4.61. The van der Waals surface area contributed by atoms with E-state index in [2.05, 4.69) is 32.0 Å². The van der Waals surface area contributed by atoms with E-state index in [-0.39, 0.29) is 6.04 Å². The fourth-order valence-corrected chi connectivity index (χ4v) is 3.26. The van der Waals surface area contributed by atoms with Crippen molar-refractivity contribution in [2.24, 2.45) is 11.7 Å². The fraction of sp³-hybridized carbons (Fsp3) is 0.647. The minimum atomic E-state index is 0.230. The van der Waals surface area contributed by atoms with Gasteiger partial charge in [-0.05, 0) is 42.9 Å². The van der Waals surface area contributed by atoms with E-state index < -0.39 is 0 Å². The first-order valence-electron chi connectivity index (χ1n) is 7.50. The molecule has 100 valence electrons. The van der Waals surface area contributed by atoms with Crippen LogP contribution in [0.15, 0.2) is 18.2 Å². The summed E-state index contributed by atoms with van der Waals surface area (Å²) in [7, 11) is 0. The normalized spacial score (nSPS) is 19.5. The van der Waals surface area contributed by atoms with Gasteiger partial charge in [0.05, 0.1) is 0 Å². The highest BCUT2D eigenvalue weighted by atomic mass is 14.6. The van der Waals surface area contributed by atoms with E-state index in [1.807, 2.05) is 0 Å². The van der Waals surface area contributed by atoms with Gasteiger partial charge in [0.2, 0.25) is 0 Å². The van der Waals surface area contributed by atoms with Crippen molar-refractivity contribution in [1.82, 2.24) is 0 Å². The summed E-state index contributed by atoms with van der Waals surface area (Å²) in [4.78, 5) is 0. The maximum atomic E-state index is 6.45. The summed E-state index contributed by atoms with van der Waals surface area (Å²) in [6, 6.07) is 6.76. The zero-order valence-electron chi connectivity index (χ0n) is 11.9. The van der Waals surface area contributed by atoms with E-state index in [1.54, 1.807) is 0 Å². The van der Waals surface area contributed by atoms with Crippen LogP contribution in [0.1, 0.15) is 67.7 Å². The zero-order chi connectivity index (χ0) is 13.0. The summed E-state index contributed by atoms with van der Waals surface area (Å²) in [6.07, 6.45) is 9.61. The third-order valence-electron chi connectivity index (χ3n) is 4.61. The van der Waals surface area contributed by atoms with Crippen molar-refractivity contribution in [2.75, 3.05) is 0 Å². The highest BCUT2D eigenvalue weighted by Gasteiger charge is 2.18. The van der Waals surface area contributed by atoms with Crippen molar-refractivity contribution in [3.05, 3.63) is 34.9 Å². The minimum absolute atomic E-state index is 0.230. The Balaban J connectivity index is 2.02. The predicted molar refractivity (Wildman–Crippen MR) is 78.7 cm³/mol.